The molecule has 1 amide bonds. The van der Waals surface area contributed by atoms with E-state index < -0.39 is 0 Å². The standard InChI is InChI=1S/C12H20N4OS/c1-10(18-2)9-12(17)15-6-3-11(4-7-15)16-8-5-13-14-16/h5,8,10-11H,3-4,6-7,9H2,1-2H3/t10-/m1/s1. The van der Waals surface area contributed by atoms with E-state index in [-0.39, 0.29) is 5.91 Å². The minimum absolute atomic E-state index is 0.286. The number of nitrogens with zero attached hydrogens (tertiary/aromatic N) is 4. The summed E-state index contributed by atoms with van der Waals surface area (Å²) < 4.78 is 1.91. The zero-order valence-electron chi connectivity index (χ0n) is 11.0. The van der Waals surface area contributed by atoms with Crippen molar-refractivity contribution in [2.75, 3.05) is 19.3 Å². The lowest BCUT2D eigenvalue weighted by molar-refractivity contribution is -0.132. The molecule has 1 saturated heterocycles. The lowest BCUT2D eigenvalue weighted by Gasteiger charge is -2.32. The van der Waals surface area contributed by atoms with Crippen LogP contribution in [0.5, 0.6) is 0 Å². The summed E-state index contributed by atoms with van der Waals surface area (Å²) in [6.07, 6.45) is 8.26. The SMILES string of the molecule is CS[C@H](C)CC(=O)N1CCC(n2ccnn2)CC1. The van der Waals surface area contributed by atoms with Gasteiger partial charge in [-0.15, -0.1) is 5.10 Å². The molecule has 0 aliphatic carbocycles. The molecule has 2 rings (SSSR count). The lowest BCUT2D eigenvalue weighted by atomic mass is 10.0. The molecule has 100 valence electrons. The first-order valence-corrected chi connectivity index (χ1v) is 7.66. The smallest absolute Gasteiger partial charge is 0.223 e. The molecule has 1 atom stereocenters. The number of amides is 1. The van der Waals surface area contributed by atoms with Crippen molar-refractivity contribution in [2.24, 2.45) is 0 Å². The molecule has 6 heteroatoms. The molecule has 1 aromatic heterocycles. The number of rotatable bonds is 4. The van der Waals surface area contributed by atoms with Crippen LogP contribution in [0.25, 0.3) is 0 Å². The number of hydrogen-bond donors (Lipinski definition) is 0. The van der Waals surface area contributed by atoms with E-state index in [2.05, 4.69) is 23.5 Å². The second kappa shape index (κ2) is 6.22. The molecular formula is C12H20N4OS. The van der Waals surface area contributed by atoms with Gasteiger partial charge in [-0.2, -0.15) is 11.8 Å². The van der Waals surface area contributed by atoms with Gasteiger partial charge < -0.3 is 4.90 Å². The van der Waals surface area contributed by atoms with Crippen molar-refractivity contribution in [2.45, 2.75) is 37.5 Å². The summed E-state index contributed by atoms with van der Waals surface area (Å²) in [7, 11) is 0. The van der Waals surface area contributed by atoms with Gasteiger partial charge in [0.1, 0.15) is 0 Å². The van der Waals surface area contributed by atoms with Gasteiger partial charge in [0.25, 0.3) is 0 Å². The summed E-state index contributed by atoms with van der Waals surface area (Å²) in [6.45, 7) is 3.78. The third-order valence-corrected chi connectivity index (χ3v) is 4.47. The molecule has 2 heterocycles. The Morgan fingerprint density at radius 3 is 2.78 bits per heavy atom. The second-order valence-corrected chi connectivity index (χ2v) is 6.02. The van der Waals surface area contributed by atoms with Crippen molar-refractivity contribution in [3.8, 4) is 0 Å². The predicted octanol–water partition coefficient (Wildman–Crippen LogP) is 1.58. The van der Waals surface area contributed by atoms with Crippen LogP contribution in [0.15, 0.2) is 12.4 Å². The zero-order valence-corrected chi connectivity index (χ0v) is 11.8. The summed E-state index contributed by atoms with van der Waals surface area (Å²) in [5.41, 5.74) is 0. The number of piperidine rings is 1. The maximum absolute atomic E-state index is 12.0. The highest BCUT2D eigenvalue weighted by Crippen LogP contribution is 2.22. The van der Waals surface area contributed by atoms with Gasteiger partial charge >= 0.3 is 0 Å². The fourth-order valence-corrected chi connectivity index (χ4v) is 2.56. The largest absolute Gasteiger partial charge is 0.343 e. The van der Waals surface area contributed by atoms with Gasteiger partial charge in [-0.25, -0.2) is 4.68 Å². The third-order valence-electron chi connectivity index (χ3n) is 3.50. The Bertz CT molecular complexity index is 373. The number of carbonyl (C=O) groups is 1. The Labute approximate surface area is 112 Å². The molecule has 0 spiro atoms. The Kier molecular flexibility index (Phi) is 4.63. The van der Waals surface area contributed by atoms with E-state index in [0.717, 1.165) is 25.9 Å². The van der Waals surface area contributed by atoms with Crippen LogP contribution >= 0.6 is 11.8 Å². The summed E-state index contributed by atoms with van der Waals surface area (Å²) in [4.78, 5) is 14.0. The van der Waals surface area contributed by atoms with E-state index >= 15 is 0 Å². The molecule has 1 fully saturated rings. The maximum Gasteiger partial charge on any atom is 0.223 e. The van der Waals surface area contributed by atoms with Crippen molar-refractivity contribution < 1.29 is 4.79 Å². The minimum atomic E-state index is 0.286. The van der Waals surface area contributed by atoms with Gasteiger partial charge in [-0.05, 0) is 19.1 Å². The number of thioether (sulfide) groups is 1. The highest BCUT2D eigenvalue weighted by Gasteiger charge is 2.24. The summed E-state index contributed by atoms with van der Waals surface area (Å²) in [5, 5.41) is 8.27. The zero-order chi connectivity index (χ0) is 13.0. The fourth-order valence-electron chi connectivity index (χ4n) is 2.25. The average molecular weight is 268 g/mol. The molecular weight excluding hydrogens is 248 g/mol. The quantitative estimate of drug-likeness (QED) is 0.832. The third kappa shape index (κ3) is 3.25. The Morgan fingerprint density at radius 2 is 2.22 bits per heavy atom. The molecule has 5 nitrogen and oxygen atoms in total. The van der Waals surface area contributed by atoms with E-state index in [1.807, 2.05) is 15.8 Å². The lowest BCUT2D eigenvalue weighted by Crippen LogP contribution is -2.39. The molecule has 0 radical (unpaired) electrons. The second-order valence-electron chi connectivity index (χ2n) is 4.75. The van der Waals surface area contributed by atoms with Gasteiger partial charge in [0.05, 0.1) is 12.2 Å². The van der Waals surface area contributed by atoms with Gasteiger partial charge in [0, 0.05) is 31.0 Å². The molecule has 0 bridgehead atoms. The first-order valence-electron chi connectivity index (χ1n) is 6.37. The van der Waals surface area contributed by atoms with E-state index in [4.69, 9.17) is 0 Å². The molecule has 1 aliphatic rings. The van der Waals surface area contributed by atoms with Crippen molar-refractivity contribution in [3.05, 3.63) is 12.4 Å². The fraction of sp³-hybridized carbons (Fsp3) is 0.750. The van der Waals surface area contributed by atoms with Crippen LogP contribution in [0.3, 0.4) is 0 Å². The van der Waals surface area contributed by atoms with Gasteiger partial charge in [-0.1, -0.05) is 12.1 Å². The van der Waals surface area contributed by atoms with Crippen LogP contribution < -0.4 is 0 Å². The number of hydrogen-bond acceptors (Lipinski definition) is 4. The van der Waals surface area contributed by atoms with Crippen LogP contribution in [0.1, 0.15) is 32.2 Å². The molecule has 1 aromatic rings. The van der Waals surface area contributed by atoms with Crippen molar-refractivity contribution >= 4 is 17.7 Å². The Balaban J connectivity index is 1.81. The Hall–Kier alpha value is -1.04. The van der Waals surface area contributed by atoms with E-state index in [1.165, 1.54) is 0 Å². The minimum Gasteiger partial charge on any atom is -0.343 e. The van der Waals surface area contributed by atoms with E-state index in [1.54, 1.807) is 18.0 Å². The van der Waals surface area contributed by atoms with E-state index in [0.29, 0.717) is 17.7 Å². The van der Waals surface area contributed by atoms with Crippen molar-refractivity contribution in [1.29, 1.82) is 0 Å². The highest BCUT2D eigenvalue weighted by atomic mass is 32.2. The topological polar surface area (TPSA) is 51.0 Å². The monoisotopic (exact) mass is 268 g/mol. The maximum atomic E-state index is 12.0. The summed E-state index contributed by atoms with van der Waals surface area (Å²) in [6, 6.07) is 0.398. The van der Waals surface area contributed by atoms with Crippen LogP contribution in [-0.4, -0.2) is 50.4 Å². The molecule has 0 saturated carbocycles. The highest BCUT2D eigenvalue weighted by molar-refractivity contribution is 7.99. The van der Waals surface area contributed by atoms with Gasteiger partial charge in [0.15, 0.2) is 0 Å². The molecule has 0 unspecified atom stereocenters. The number of carbonyl (C=O) groups excluding carboxylic acids is 1. The predicted molar refractivity (Wildman–Crippen MR) is 72.5 cm³/mol. The number of aromatic nitrogens is 3. The first kappa shape index (κ1) is 13.4. The molecule has 0 aromatic carbocycles. The average Bonchev–Trinajstić information content (AvgIpc) is 2.92. The van der Waals surface area contributed by atoms with Crippen LogP contribution in [0.4, 0.5) is 0 Å². The first-order chi connectivity index (χ1) is 8.70. The van der Waals surface area contributed by atoms with Gasteiger partial charge in [0.2, 0.25) is 5.91 Å². The van der Waals surface area contributed by atoms with E-state index in [9.17, 15) is 4.79 Å². The summed E-state index contributed by atoms with van der Waals surface area (Å²) >= 11 is 1.75. The van der Waals surface area contributed by atoms with Crippen LogP contribution in [-0.2, 0) is 4.79 Å². The summed E-state index contributed by atoms with van der Waals surface area (Å²) in [5.74, 6) is 0.286. The van der Waals surface area contributed by atoms with Crippen LogP contribution in [0, 0.1) is 0 Å². The Morgan fingerprint density at radius 1 is 1.50 bits per heavy atom. The normalized spacial score (nSPS) is 18.9. The molecule has 18 heavy (non-hydrogen) atoms. The van der Waals surface area contributed by atoms with Crippen molar-refractivity contribution in [3.63, 3.8) is 0 Å². The molecule has 1 aliphatic heterocycles. The number of likely N-dealkylation sites (tertiary alicyclic amines) is 1. The van der Waals surface area contributed by atoms with Crippen LogP contribution in [0.2, 0.25) is 0 Å². The molecule has 0 N–H and O–H groups in total. The van der Waals surface area contributed by atoms with Gasteiger partial charge in [-0.3, -0.25) is 4.79 Å². The van der Waals surface area contributed by atoms with Crippen molar-refractivity contribution in [1.82, 2.24) is 19.9 Å².